The summed E-state index contributed by atoms with van der Waals surface area (Å²) < 4.78 is 7.59. The first-order valence-electron chi connectivity index (χ1n) is 7.05. The Morgan fingerprint density at radius 3 is 3.05 bits per heavy atom. The second-order valence-corrected chi connectivity index (χ2v) is 5.97. The average Bonchev–Trinajstić information content (AvgIpc) is 2.81. The Balaban J connectivity index is 2.08. The van der Waals surface area contributed by atoms with Crippen LogP contribution >= 0.6 is 11.8 Å². The highest BCUT2D eigenvalue weighted by Gasteiger charge is 2.20. The molecule has 112 valence electrons. The van der Waals surface area contributed by atoms with Crippen molar-refractivity contribution in [2.24, 2.45) is 5.92 Å². The number of carboxylic acids is 1. The molecular weight excluding hydrogens is 278 g/mol. The Hall–Kier alpha value is -1.08. The smallest absolute Gasteiger partial charge is 0.313 e. The van der Waals surface area contributed by atoms with E-state index in [1.807, 2.05) is 0 Å². The lowest BCUT2D eigenvalue weighted by Gasteiger charge is -2.23. The van der Waals surface area contributed by atoms with Crippen LogP contribution in [0.3, 0.4) is 0 Å². The topological polar surface area (TPSA) is 77.2 Å². The molecule has 6 nitrogen and oxygen atoms in total. The van der Waals surface area contributed by atoms with Gasteiger partial charge in [0, 0.05) is 25.5 Å². The molecule has 0 saturated carbocycles. The summed E-state index contributed by atoms with van der Waals surface area (Å²) in [6.45, 7) is 4.55. The normalized spacial score (nSPS) is 19.1. The number of hydrogen-bond donors (Lipinski definition) is 1. The molecule has 0 bridgehead atoms. The minimum absolute atomic E-state index is 0.0193. The van der Waals surface area contributed by atoms with Crippen LogP contribution in [-0.2, 0) is 22.5 Å². The molecule has 1 N–H and O–H groups in total. The van der Waals surface area contributed by atoms with Gasteiger partial charge in [0.15, 0.2) is 5.16 Å². The Bertz CT molecular complexity index is 444. The van der Waals surface area contributed by atoms with Crippen molar-refractivity contribution in [1.82, 2.24) is 14.8 Å². The highest BCUT2D eigenvalue weighted by atomic mass is 32.2. The van der Waals surface area contributed by atoms with Gasteiger partial charge in [-0.1, -0.05) is 18.7 Å². The van der Waals surface area contributed by atoms with Gasteiger partial charge < -0.3 is 14.4 Å². The van der Waals surface area contributed by atoms with Crippen LogP contribution < -0.4 is 0 Å². The molecule has 1 fully saturated rings. The van der Waals surface area contributed by atoms with Gasteiger partial charge in [0.2, 0.25) is 0 Å². The lowest BCUT2D eigenvalue weighted by atomic mass is 10.0. The van der Waals surface area contributed by atoms with Crippen molar-refractivity contribution in [1.29, 1.82) is 0 Å². The molecule has 1 aliphatic heterocycles. The first kappa shape index (κ1) is 15.3. The van der Waals surface area contributed by atoms with E-state index in [0.29, 0.717) is 11.1 Å². The van der Waals surface area contributed by atoms with Crippen LogP contribution in [0.25, 0.3) is 0 Å². The van der Waals surface area contributed by atoms with E-state index in [1.165, 1.54) is 11.8 Å². The largest absolute Gasteiger partial charge is 0.481 e. The van der Waals surface area contributed by atoms with Gasteiger partial charge in [-0.25, -0.2) is 0 Å². The summed E-state index contributed by atoms with van der Waals surface area (Å²) in [5.74, 6) is 0.610. The van der Waals surface area contributed by atoms with E-state index in [0.717, 1.165) is 51.3 Å². The summed E-state index contributed by atoms with van der Waals surface area (Å²) in [4.78, 5) is 10.7. The zero-order valence-corrected chi connectivity index (χ0v) is 12.6. The number of thioether (sulfide) groups is 1. The third kappa shape index (κ3) is 4.21. The molecule has 1 atom stereocenters. The minimum Gasteiger partial charge on any atom is -0.481 e. The molecular formula is C13H21N3O3S. The van der Waals surface area contributed by atoms with Crippen LogP contribution in [0.15, 0.2) is 5.16 Å². The van der Waals surface area contributed by atoms with Crippen molar-refractivity contribution < 1.29 is 14.6 Å². The van der Waals surface area contributed by atoms with Crippen LogP contribution in [0.5, 0.6) is 0 Å². The van der Waals surface area contributed by atoms with E-state index in [2.05, 4.69) is 21.7 Å². The number of rotatable bonds is 7. The monoisotopic (exact) mass is 299 g/mol. The van der Waals surface area contributed by atoms with Gasteiger partial charge in [-0.3, -0.25) is 4.79 Å². The fourth-order valence-corrected chi connectivity index (χ4v) is 3.04. The summed E-state index contributed by atoms with van der Waals surface area (Å²) in [6.07, 6.45) is 4.11. The summed E-state index contributed by atoms with van der Waals surface area (Å²) >= 11 is 1.24. The first-order chi connectivity index (χ1) is 9.70. The van der Waals surface area contributed by atoms with Gasteiger partial charge in [-0.2, -0.15) is 0 Å². The molecule has 0 aromatic carbocycles. The van der Waals surface area contributed by atoms with Gasteiger partial charge in [0.25, 0.3) is 0 Å². The number of nitrogens with zero attached hydrogens (tertiary/aromatic N) is 3. The van der Waals surface area contributed by atoms with Crippen molar-refractivity contribution in [3.05, 3.63) is 5.82 Å². The number of carboxylic acid groups (broad SMARTS) is 1. The van der Waals surface area contributed by atoms with E-state index in [-0.39, 0.29) is 5.75 Å². The molecule has 0 aliphatic carbocycles. The van der Waals surface area contributed by atoms with Crippen molar-refractivity contribution in [2.75, 3.05) is 19.0 Å². The molecule has 1 unspecified atom stereocenters. The number of carbonyl (C=O) groups is 1. The predicted molar refractivity (Wildman–Crippen MR) is 75.9 cm³/mol. The van der Waals surface area contributed by atoms with Crippen molar-refractivity contribution in [3.8, 4) is 0 Å². The molecule has 0 radical (unpaired) electrons. The highest BCUT2D eigenvalue weighted by Crippen LogP contribution is 2.22. The fourth-order valence-electron chi connectivity index (χ4n) is 2.35. The van der Waals surface area contributed by atoms with E-state index in [1.54, 1.807) is 0 Å². The maximum Gasteiger partial charge on any atom is 0.313 e. The van der Waals surface area contributed by atoms with Crippen LogP contribution in [-0.4, -0.2) is 44.8 Å². The molecule has 1 aliphatic rings. The molecule has 2 rings (SSSR count). The third-order valence-electron chi connectivity index (χ3n) is 3.29. The molecule has 20 heavy (non-hydrogen) atoms. The van der Waals surface area contributed by atoms with Gasteiger partial charge >= 0.3 is 5.97 Å². The zero-order chi connectivity index (χ0) is 14.4. The van der Waals surface area contributed by atoms with Gasteiger partial charge in [-0.15, -0.1) is 10.2 Å². The van der Waals surface area contributed by atoms with Crippen LogP contribution in [0.1, 0.15) is 32.0 Å². The minimum atomic E-state index is -0.831. The Labute approximate surface area is 122 Å². The van der Waals surface area contributed by atoms with Gasteiger partial charge in [0.1, 0.15) is 5.82 Å². The lowest BCUT2D eigenvalue weighted by Crippen LogP contribution is -2.23. The second-order valence-electron chi connectivity index (χ2n) is 5.02. The Morgan fingerprint density at radius 2 is 2.40 bits per heavy atom. The number of ether oxygens (including phenoxy) is 1. The summed E-state index contributed by atoms with van der Waals surface area (Å²) in [7, 11) is 0. The van der Waals surface area contributed by atoms with Gasteiger partial charge in [0.05, 0.1) is 12.4 Å². The Kier molecular flexibility index (Phi) is 5.85. The molecule has 0 spiro atoms. The SMILES string of the molecule is CCCc1nnc(SCC(=O)O)n1CC1CCCOC1. The summed E-state index contributed by atoms with van der Waals surface area (Å²) in [5.41, 5.74) is 0. The Morgan fingerprint density at radius 1 is 1.55 bits per heavy atom. The molecule has 7 heteroatoms. The maximum atomic E-state index is 10.7. The van der Waals surface area contributed by atoms with Gasteiger partial charge in [-0.05, 0) is 19.3 Å². The zero-order valence-electron chi connectivity index (χ0n) is 11.7. The average molecular weight is 299 g/mol. The number of aliphatic carboxylic acids is 1. The number of hydrogen-bond acceptors (Lipinski definition) is 5. The quantitative estimate of drug-likeness (QED) is 0.774. The van der Waals surface area contributed by atoms with Crippen LogP contribution in [0.4, 0.5) is 0 Å². The number of aromatic nitrogens is 3. The lowest BCUT2D eigenvalue weighted by molar-refractivity contribution is -0.133. The molecule has 1 aromatic rings. The summed E-state index contributed by atoms with van der Waals surface area (Å²) in [6, 6.07) is 0. The van der Waals surface area contributed by atoms with Crippen LogP contribution in [0, 0.1) is 5.92 Å². The van der Waals surface area contributed by atoms with E-state index < -0.39 is 5.97 Å². The molecule has 1 aromatic heterocycles. The standard InChI is InChI=1S/C13H21N3O3S/c1-2-4-11-14-15-13(20-9-12(17)18)16(11)7-10-5-3-6-19-8-10/h10H,2-9H2,1H3,(H,17,18). The number of aryl methyl sites for hydroxylation is 1. The molecule has 1 saturated heterocycles. The second kappa shape index (κ2) is 7.64. The van der Waals surface area contributed by atoms with E-state index in [9.17, 15) is 4.79 Å². The fraction of sp³-hybridized carbons (Fsp3) is 0.769. The maximum absolute atomic E-state index is 10.7. The summed E-state index contributed by atoms with van der Waals surface area (Å²) in [5, 5.41) is 17.9. The highest BCUT2D eigenvalue weighted by molar-refractivity contribution is 7.99. The first-order valence-corrected chi connectivity index (χ1v) is 8.03. The molecule has 2 heterocycles. The van der Waals surface area contributed by atoms with Crippen molar-refractivity contribution >= 4 is 17.7 Å². The van der Waals surface area contributed by atoms with E-state index in [4.69, 9.17) is 9.84 Å². The third-order valence-corrected chi connectivity index (χ3v) is 4.24. The van der Waals surface area contributed by atoms with Crippen molar-refractivity contribution in [3.63, 3.8) is 0 Å². The molecule has 0 amide bonds. The predicted octanol–water partition coefficient (Wildman–Crippen LogP) is 1.83. The van der Waals surface area contributed by atoms with Crippen molar-refractivity contribution in [2.45, 2.75) is 44.3 Å². The van der Waals surface area contributed by atoms with E-state index >= 15 is 0 Å². The van der Waals surface area contributed by atoms with Crippen LogP contribution in [0.2, 0.25) is 0 Å².